The fourth-order valence-corrected chi connectivity index (χ4v) is 2.71. The Morgan fingerprint density at radius 3 is 1.88 bits per heavy atom. The van der Waals surface area contributed by atoms with Gasteiger partial charge < -0.3 is 14.7 Å². The number of allylic oxidation sites excluding steroid dienone is 5. The van der Waals surface area contributed by atoms with Gasteiger partial charge in [0.15, 0.2) is 0 Å². The van der Waals surface area contributed by atoms with Gasteiger partial charge in [0.2, 0.25) is 0 Å². The van der Waals surface area contributed by atoms with E-state index in [-0.39, 0.29) is 6.61 Å². The second kappa shape index (κ2) is 11.9. The fourth-order valence-electron chi connectivity index (χ4n) is 1.72. The molecule has 0 amide bonds. The van der Waals surface area contributed by atoms with Crippen LogP contribution in [0, 0.1) is 0 Å². The molecule has 0 aromatic carbocycles. The van der Waals surface area contributed by atoms with Crippen molar-refractivity contribution in [2.45, 2.75) is 53.4 Å². The standard InChI is InChI=1S/C15H28O8P2/c1-13(2)7-5-8-14(3)9-6-10-15(4)11-12-21-25(19,20)23-22-24(16,17)18/h7,9,11H,5-6,8,10,12H2,1-4H3,(H,19,20)(H2,16,17,18)/b14-9+,15-11+. The normalized spacial score (nSPS) is 15.8. The largest absolute Gasteiger partial charge is 0.500 e. The zero-order valence-corrected chi connectivity index (χ0v) is 16.8. The van der Waals surface area contributed by atoms with Crippen LogP contribution in [-0.2, 0) is 23.0 Å². The summed E-state index contributed by atoms with van der Waals surface area (Å²) < 4.78 is 33.4. The molecule has 0 heterocycles. The van der Waals surface area contributed by atoms with Crippen molar-refractivity contribution in [3.05, 3.63) is 34.9 Å². The van der Waals surface area contributed by atoms with Crippen LogP contribution in [0.4, 0.5) is 0 Å². The van der Waals surface area contributed by atoms with E-state index >= 15 is 0 Å². The van der Waals surface area contributed by atoms with E-state index in [0.717, 1.165) is 31.3 Å². The van der Waals surface area contributed by atoms with Crippen LogP contribution in [0.1, 0.15) is 53.4 Å². The van der Waals surface area contributed by atoms with Crippen LogP contribution in [0.15, 0.2) is 34.9 Å². The fraction of sp³-hybridized carbons (Fsp3) is 0.600. The number of hydrogen-bond donors (Lipinski definition) is 3. The molecule has 1 atom stereocenters. The lowest BCUT2D eigenvalue weighted by molar-refractivity contribution is -0.146. The van der Waals surface area contributed by atoms with E-state index in [1.54, 1.807) is 6.08 Å². The van der Waals surface area contributed by atoms with Crippen molar-refractivity contribution < 1.29 is 37.7 Å². The highest BCUT2D eigenvalue weighted by atomic mass is 31.2. The maximum atomic E-state index is 11.3. The quantitative estimate of drug-likeness (QED) is 0.189. The van der Waals surface area contributed by atoms with E-state index < -0.39 is 15.6 Å². The van der Waals surface area contributed by atoms with Crippen molar-refractivity contribution in [1.82, 2.24) is 0 Å². The summed E-state index contributed by atoms with van der Waals surface area (Å²) in [5, 5.41) is 0. The van der Waals surface area contributed by atoms with Gasteiger partial charge in [-0.1, -0.05) is 34.9 Å². The second-order valence-corrected chi connectivity index (χ2v) is 8.34. The van der Waals surface area contributed by atoms with Crippen LogP contribution in [0.5, 0.6) is 0 Å². The van der Waals surface area contributed by atoms with Gasteiger partial charge >= 0.3 is 15.6 Å². The average molecular weight is 398 g/mol. The molecule has 0 fully saturated rings. The van der Waals surface area contributed by atoms with Gasteiger partial charge in [0.05, 0.1) is 6.61 Å². The van der Waals surface area contributed by atoms with Gasteiger partial charge in [-0.2, -0.15) is 0 Å². The monoisotopic (exact) mass is 398 g/mol. The third-order valence-corrected chi connectivity index (χ3v) is 4.14. The van der Waals surface area contributed by atoms with Crippen molar-refractivity contribution in [1.29, 1.82) is 0 Å². The smallest absolute Gasteiger partial charge is 0.301 e. The first-order chi connectivity index (χ1) is 11.4. The highest BCUT2D eigenvalue weighted by molar-refractivity contribution is 7.49. The van der Waals surface area contributed by atoms with Crippen LogP contribution in [0.25, 0.3) is 0 Å². The zero-order valence-electron chi connectivity index (χ0n) is 15.0. The van der Waals surface area contributed by atoms with Crippen molar-refractivity contribution in [3.8, 4) is 0 Å². The highest BCUT2D eigenvalue weighted by Gasteiger charge is 2.28. The Hall–Kier alpha value is -0.560. The highest BCUT2D eigenvalue weighted by Crippen LogP contribution is 2.49. The van der Waals surface area contributed by atoms with Gasteiger partial charge in [-0.3, -0.25) is 4.52 Å². The van der Waals surface area contributed by atoms with E-state index in [2.05, 4.69) is 46.8 Å². The molecule has 10 heteroatoms. The molecule has 0 aliphatic heterocycles. The molecular formula is C15H28O8P2. The Bertz CT molecular complexity index is 584. The lowest BCUT2D eigenvalue weighted by atomic mass is 10.1. The first-order valence-electron chi connectivity index (χ1n) is 7.77. The van der Waals surface area contributed by atoms with Gasteiger partial charge in [-0.05, 0) is 53.4 Å². The molecule has 0 aromatic heterocycles. The summed E-state index contributed by atoms with van der Waals surface area (Å²) in [5.41, 5.74) is 3.57. The van der Waals surface area contributed by atoms with E-state index in [1.807, 2.05) is 6.92 Å². The maximum Gasteiger partial charge on any atom is 0.500 e. The molecule has 0 saturated heterocycles. The zero-order chi connectivity index (χ0) is 19.5. The van der Waals surface area contributed by atoms with Crippen molar-refractivity contribution in [2.75, 3.05) is 6.61 Å². The van der Waals surface area contributed by atoms with Crippen LogP contribution in [0.2, 0.25) is 0 Å². The number of phosphoric acid groups is 2. The van der Waals surface area contributed by atoms with Gasteiger partial charge in [0.1, 0.15) is 0 Å². The average Bonchev–Trinajstić information content (AvgIpc) is 2.44. The summed E-state index contributed by atoms with van der Waals surface area (Å²) in [6, 6.07) is 0. The van der Waals surface area contributed by atoms with E-state index in [4.69, 9.17) is 14.7 Å². The first-order valence-corrected chi connectivity index (χ1v) is 10.8. The molecule has 8 nitrogen and oxygen atoms in total. The predicted octanol–water partition coefficient (Wildman–Crippen LogP) is 4.56. The summed E-state index contributed by atoms with van der Waals surface area (Å²) in [4.78, 5) is 25.9. The minimum Gasteiger partial charge on any atom is -0.301 e. The Morgan fingerprint density at radius 1 is 0.840 bits per heavy atom. The van der Waals surface area contributed by atoms with Crippen molar-refractivity contribution in [2.24, 2.45) is 0 Å². The molecule has 25 heavy (non-hydrogen) atoms. The van der Waals surface area contributed by atoms with Crippen LogP contribution < -0.4 is 0 Å². The minimum atomic E-state index is -5.01. The molecule has 1 unspecified atom stereocenters. The summed E-state index contributed by atoms with van der Waals surface area (Å²) >= 11 is 0. The van der Waals surface area contributed by atoms with Crippen molar-refractivity contribution >= 4 is 15.6 Å². The molecular weight excluding hydrogens is 370 g/mol. The first kappa shape index (κ1) is 24.4. The Balaban J connectivity index is 4.15. The lowest BCUT2D eigenvalue weighted by Crippen LogP contribution is -1.96. The summed E-state index contributed by atoms with van der Waals surface area (Å²) in [6.07, 6.45) is 9.60. The molecule has 146 valence electrons. The van der Waals surface area contributed by atoms with E-state index in [0.29, 0.717) is 0 Å². The van der Waals surface area contributed by atoms with Crippen LogP contribution >= 0.6 is 15.6 Å². The number of hydrogen-bond acceptors (Lipinski definition) is 5. The SMILES string of the molecule is CC(C)=CCC/C(C)=C/CC/C(C)=C/COP(=O)(O)OOP(=O)(O)O. The number of phosphoric ester groups is 1. The Kier molecular flexibility index (Phi) is 11.7. The molecule has 0 radical (unpaired) electrons. The van der Waals surface area contributed by atoms with Crippen LogP contribution in [-0.4, -0.2) is 21.3 Å². The molecule has 0 saturated carbocycles. The minimum absolute atomic E-state index is 0.243. The third-order valence-electron chi connectivity index (χ3n) is 3.02. The van der Waals surface area contributed by atoms with Gasteiger partial charge in [0, 0.05) is 0 Å². The summed E-state index contributed by atoms with van der Waals surface area (Å²) in [7, 11) is -9.70. The second-order valence-electron chi connectivity index (χ2n) is 5.86. The molecule has 0 rings (SSSR count). The number of rotatable bonds is 12. The van der Waals surface area contributed by atoms with Gasteiger partial charge in [-0.25, -0.2) is 9.13 Å². The molecule has 0 aliphatic carbocycles. The molecule has 3 N–H and O–H groups in total. The van der Waals surface area contributed by atoms with Gasteiger partial charge in [-0.15, -0.1) is 9.35 Å². The van der Waals surface area contributed by atoms with Crippen molar-refractivity contribution in [3.63, 3.8) is 0 Å². The molecule has 0 spiro atoms. The summed E-state index contributed by atoms with van der Waals surface area (Å²) in [6.45, 7) is 7.84. The predicted molar refractivity (Wildman–Crippen MR) is 95.4 cm³/mol. The molecule has 0 aliphatic rings. The Morgan fingerprint density at radius 2 is 1.36 bits per heavy atom. The van der Waals surface area contributed by atoms with E-state index in [1.165, 1.54) is 11.1 Å². The lowest BCUT2D eigenvalue weighted by Gasteiger charge is -2.10. The topological polar surface area (TPSA) is 123 Å². The maximum absolute atomic E-state index is 11.3. The van der Waals surface area contributed by atoms with Gasteiger partial charge in [0.25, 0.3) is 0 Å². The molecule has 0 aromatic rings. The van der Waals surface area contributed by atoms with Crippen LogP contribution in [0.3, 0.4) is 0 Å². The summed E-state index contributed by atoms with van der Waals surface area (Å²) in [5.74, 6) is 0. The Labute approximate surface area is 149 Å². The van der Waals surface area contributed by atoms with E-state index in [9.17, 15) is 9.13 Å². The third kappa shape index (κ3) is 16.6. The molecule has 0 bridgehead atoms.